The van der Waals surface area contributed by atoms with Crippen LogP contribution >= 0.6 is 15.9 Å². The maximum atomic E-state index is 13.2. The molecule has 3 aromatic rings. The van der Waals surface area contributed by atoms with Crippen LogP contribution in [0.15, 0.2) is 77.3 Å². The van der Waals surface area contributed by atoms with Crippen molar-refractivity contribution in [2.45, 2.75) is 6.42 Å². The molecule has 0 spiro atoms. The Morgan fingerprint density at radius 1 is 1.00 bits per heavy atom. The predicted octanol–water partition coefficient (Wildman–Crippen LogP) is 5.46. The zero-order valence-corrected chi connectivity index (χ0v) is 15.5. The molecule has 0 radical (unpaired) electrons. The molecule has 0 heterocycles. The van der Waals surface area contributed by atoms with E-state index in [-0.39, 0.29) is 5.91 Å². The average Bonchev–Trinajstić information content (AvgIpc) is 2.64. The molecular formula is C21H17BrFNO2. The van der Waals surface area contributed by atoms with Gasteiger partial charge in [-0.05, 0) is 57.9 Å². The molecule has 0 aliphatic carbocycles. The fourth-order valence-electron chi connectivity index (χ4n) is 2.45. The minimum Gasteiger partial charge on any atom is -0.492 e. The van der Waals surface area contributed by atoms with Gasteiger partial charge in [-0.1, -0.05) is 36.4 Å². The first kappa shape index (κ1) is 18.1. The SMILES string of the molecule is O=C(Nc1cccc(F)c1)c1ccc(OCCc2ccccc2)c(Br)c1. The molecule has 0 atom stereocenters. The lowest BCUT2D eigenvalue weighted by Gasteiger charge is -2.10. The van der Waals surface area contributed by atoms with Crippen LogP contribution in [-0.4, -0.2) is 12.5 Å². The van der Waals surface area contributed by atoms with Crippen LogP contribution in [0.1, 0.15) is 15.9 Å². The van der Waals surface area contributed by atoms with E-state index in [0.29, 0.717) is 28.1 Å². The molecule has 1 N–H and O–H groups in total. The molecule has 0 unspecified atom stereocenters. The van der Waals surface area contributed by atoms with Crippen molar-refractivity contribution in [2.24, 2.45) is 0 Å². The Labute approximate surface area is 159 Å². The van der Waals surface area contributed by atoms with Crippen molar-refractivity contribution in [3.63, 3.8) is 0 Å². The number of rotatable bonds is 6. The summed E-state index contributed by atoms with van der Waals surface area (Å²) in [6.45, 7) is 0.539. The largest absolute Gasteiger partial charge is 0.492 e. The van der Waals surface area contributed by atoms with E-state index in [9.17, 15) is 9.18 Å². The monoisotopic (exact) mass is 413 g/mol. The van der Waals surface area contributed by atoms with Crippen molar-refractivity contribution in [1.82, 2.24) is 0 Å². The quantitative estimate of drug-likeness (QED) is 0.582. The highest BCUT2D eigenvalue weighted by atomic mass is 79.9. The van der Waals surface area contributed by atoms with Gasteiger partial charge in [0, 0.05) is 17.7 Å². The molecule has 0 fully saturated rings. The molecule has 0 aromatic heterocycles. The topological polar surface area (TPSA) is 38.3 Å². The number of hydrogen-bond acceptors (Lipinski definition) is 2. The Balaban J connectivity index is 1.60. The number of halogens is 2. The van der Waals surface area contributed by atoms with Crippen LogP contribution in [-0.2, 0) is 6.42 Å². The summed E-state index contributed by atoms with van der Waals surface area (Å²) >= 11 is 3.43. The Morgan fingerprint density at radius 2 is 1.81 bits per heavy atom. The van der Waals surface area contributed by atoms with Gasteiger partial charge in [0.2, 0.25) is 0 Å². The fraction of sp³-hybridized carbons (Fsp3) is 0.0952. The average molecular weight is 414 g/mol. The van der Waals surface area contributed by atoms with Crippen molar-refractivity contribution in [1.29, 1.82) is 0 Å². The minimum absolute atomic E-state index is 0.313. The van der Waals surface area contributed by atoms with Crippen molar-refractivity contribution in [2.75, 3.05) is 11.9 Å². The van der Waals surface area contributed by atoms with Gasteiger partial charge in [-0.3, -0.25) is 4.79 Å². The van der Waals surface area contributed by atoms with E-state index in [2.05, 4.69) is 33.4 Å². The molecule has 3 nitrogen and oxygen atoms in total. The number of anilines is 1. The normalized spacial score (nSPS) is 10.4. The molecule has 132 valence electrons. The van der Waals surface area contributed by atoms with Crippen molar-refractivity contribution in [3.05, 3.63) is 94.2 Å². The number of benzene rings is 3. The summed E-state index contributed by atoms with van der Waals surface area (Å²) in [5.74, 6) is -0.0403. The lowest BCUT2D eigenvalue weighted by Crippen LogP contribution is -2.12. The van der Waals surface area contributed by atoms with E-state index in [0.717, 1.165) is 6.42 Å². The molecular weight excluding hydrogens is 397 g/mol. The molecule has 3 rings (SSSR count). The summed E-state index contributed by atoms with van der Waals surface area (Å²) in [4.78, 5) is 12.3. The third-order valence-corrected chi connectivity index (χ3v) is 4.39. The predicted molar refractivity (Wildman–Crippen MR) is 104 cm³/mol. The van der Waals surface area contributed by atoms with Crippen LogP contribution in [0.25, 0.3) is 0 Å². The van der Waals surface area contributed by atoms with Crippen LogP contribution in [0, 0.1) is 5.82 Å². The van der Waals surface area contributed by atoms with E-state index in [1.54, 1.807) is 30.3 Å². The number of hydrogen-bond donors (Lipinski definition) is 1. The van der Waals surface area contributed by atoms with Gasteiger partial charge < -0.3 is 10.1 Å². The van der Waals surface area contributed by atoms with Gasteiger partial charge in [0.1, 0.15) is 11.6 Å². The second-order valence-electron chi connectivity index (χ2n) is 5.69. The van der Waals surface area contributed by atoms with E-state index < -0.39 is 5.82 Å². The van der Waals surface area contributed by atoms with Gasteiger partial charge in [-0.25, -0.2) is 4.39 Å². The molecule has 0 bridgehead atoms. The van der Waals surface area contributed by atoms with Gasteiger partial charge >= 0.3 is 0 Å². The Morgan fingerprint density at radius 3 is 2.54 bits per heavy atom. The molecule has 0 saturated carbocycles. The molecule has 0 saturated heterocycles. The van der Waals surface area contributed by atoms with Crippen LogP contribution in [0.5, 0.6) is 5.75 Å². The zero-order chi connectivity index (χ0) is 18.4. The molecule has 3 aromatic carbocycles. The molecule has 0 aliphatic rings. The zero-order valence-electron chi connectivity index (χ0n) is 13.9. The summed E-state index contributed by atoms with van der Waals surface area (Å²) in [6, 6.07) is 21.0. The van der Waals surface area contributed by atoms with Crippen LogP contribution < -0.4 is 10.1 Å². The third kappa shape index (κ3) is 4.92. The summed E-state index contributed by atoms with van der Waals surface area (Å²) in [5.41, 5.74) is 2.07. The molecule has 1 amide bonds. The minimum atomic E-state index is -0.397. The van der Waals surface area contributed by atoms with Gasteiger partial charge in [-0.2, -0.15) is 0 Å². The van der Waals surface area contributed by atoms with E-state index in [1.807, 2.05) is 18.2 Å². The first-order valence-electron chi connectivity index (χ1n) is 8.15. The van der Waals surface area contributed by atoms with Crippen LogP contribution in [0.4, 0.5) is 10.1 Å². The van der Waals surface area contributed by atoms with E-state index >= 15 is 0 Å². The van der Waals surface area contributed by atoms with E-state index in [4.69, 9.17) is 4.74 Å². The lowest BCUT2D eigenvalue weighted by molar-refractivity contribution is 0.102. The second kappa shape index (κ2) is 8.63. The molecule has 0 aliphatic heterocycles. The first-order chi connectivity index (χ1) is 12.6. The highest BCUT2D eigenvalue weighted by Gasteiger charge is 2.10. The van der Waals surface area contributed by atoms with Crippen molar-refractivity contribution >= 4 is 27.5 Å². The Kier molecular flexibility index (Phi) is 6.02. The van der Waals surface area contributed by atoms with Crippen LogP contribution in [0.3, 0.4) is 0 Å². The van der Waals surface area contributed by atoms with Gasteiger partial charge in [-0.15, -0.1) is 0 Å². The number of amides is 1. The van der Waals surface area contributed by atoms with E-state index in [1.165, 1.54) is 17.7 Å². The first-order valence-corrected chi connectivity index (χ1v) is 8.94. The number of ether oxygens (including phenoxy) is 1. The fourth-order valence-corrected chi connectivity index (χ4v) is 2.95. The Hall–Kier alpha value is -2.66. The smallest absolute Gasteiger partial charge is 0.255 e. The van der Waals surface area contributed by atoms with Crippen LogP contribution in [0.2, 0.25) is 0 Å². The third-order valence-electron chi connectivity index (χ3n) is 3.77. The van der Waals surface area contributed by atoms with Crippen molar-refractivity contribution in [3.8, 4) is 5.75 Å². The summed E-state index contributed by atoms with van der Waals surface area (Å²) in [6.07, 6.45) is 0.801. The lowest BCUT2D eigenvalue weighted by atomic mass is 10.1. The maximum Gasteiger partial charge on any atom is 0.255 e. The van der Waals surface area contributed by atoms with Gasteiger partial charge in [0.15, 0.2) is 0 Å². The Bertz CT molecular complexity index is 900. The maximum absolute atomic E-state index is 13.2. The number of carbonyl (C=O) groups is 1. The highest BCUT2D eigenvalue weighted by molar-refractivity contribution is 9.10. The van der Waals surface area contributed by atoms with Gasteiger partial charge in [0.25, 0.3) is 5.91 Å². The highest BCUT2D eigenvalue weighted by Crippen LogP contribution is 2.26. The number of nitrogens with one attached hydrogen (secondary N) is 1. The molecule has 26 heavy (non-hydrogen) atoms. The number of carbonyl (C=O) groups excluding carboxylic acids is 1. The summed E-state index contributed by atoms with van der Waals surface area (Å²) in [7, 11) is 0. The second-order valence-corrected chi connectivity index (χ2v) is 6.55. The standard InChI is InChI=1S/C21H17BrFNO2/c22-19-13-16(21(25)24-18-8-4-7-17(23)14-18)9-10-20(19)26-12-11-15-5-2-1-3-6-15/h1-10,13-14H,11-12H2,(H,24,25). The van der Waals surface area contributed by atoms with Crippen molar-refractivity contribution < 1.29 is 13.9 Å². The molecule has 5 heteroatoms. The summed E-state index contributed by atoms with van der Waals surface area (Å²) < 4.78 is 19.7. The van der Waals surface area contributed by atoms with Gasteiger partial charge in [0.05, 0.1) is 11.1 Å². The summed E-state index contributed by atoms with van der Waals surface area (Å²) in [5, 5.41) is 2.67.